The first-order chi connectivity index (χ1) is 7.84. The molecule has 0 saturated carbocycles. The highest BCUT2D eigenvalue weighted by atomic mass is 32.1. The van der Waals surface area contributed by atoms with E-state index in [0.717, 1.165) is 4.88 Å². The Labute approximate surface area is 101 Å². The van der Waals surface area contributed by atoms with E-state index >= 15 is 0 Å². The molecule has 0 aromatic carbocycles. The van der Waals surface area contributed by atoms with Gasteiger partial charge in [-0.2, -0.15) is 0 Å². The van der Waals surface area contributed by atoms with Crippen molar-refractivity contribution in [1.29, 1.82) is 0 Å². The van der Waals surface area contributed by atoms with E-state index in [9.17, 15) is 4.79 Å². The molecule has 0 N–H and O–H groups in total. The Morgan fingerprint density at radius 2 is 2.12 bits per heavy atom. The Balaban J connectivity index is 1.86. The predicted octanol–water partition coefficient (Wildman–Crippen LogP) is 2.44. The van der Waals surface area contributed by atoms with Crippen molar-refractivity contribution in [2.24, 2.45) is 0 Å². The molecule has 84 valence electrons. The highest BCUT2D eigenvalue weighted by molar-refractivity contribution is 7.27. The first-order valence-corrected chi connectivity index (χ1v) is 6.88. The zero-order valence-electron chi connectivity index (χ0n) is 8.64. The quantitative estimate of drug-likeness (QED) is 0.781. The highest BCUT2D eigenvalue weighted by Gasteiger charge is 2.20. The fourth-order valence-electron chi connectivity index (χ4n) is 1.79. The molecule has 2 aromatic rings. The van der Waals surface area contributed by atoms with E-state index in [-0.39, 0.29) is 5.91 Å². The third-order valence-electron chi connectivity index (χ3n) is 2.65. The minimum absolute atomic E-state index is 0.150. The predicted molar refractivity (Wildman–Crippen MR) is 66.4 cm³/mol. The van der Waals surface area contributed by atoms with Crippen LogP contribution >= 0.6 is 22.7 Å². The number of hydrogen-bond donors (Lipinski definition) is 0. The van der Waals surface area contributed by atoms with Crippen LogP contribution in [-0.2, 0) is 4.74 Å². The molecule has 16 heavy (non-hydrogen) atoms. The molecule has 0 unspecified atom stereocenters. The Bertz CT molecular complexity index is 482. The van der Waals surface area contributed by atoms with Gasteiger partial charge in [-0.3, -0.25) is 4.79 Å². The van der Waals surface area contributed by atoms with E-state index in [0.29, 0.717) is 26.3 Å². The number of hydrogen-bond acceptors (Lipinski definition) is 4. The van der Waals surface area contributed by atoms with Gasteiger partial charge in [0, 0.05) is 22.5 Å². The summed E-state index contributed by atoms with van der Waals surface area (Å²) in [6, 6.07) is 4.07. The van der Waals surface area contributed by atoms with E-state index in [1.165, 1.54) is 9.40 Å². The first kappa shape index (κ1) is 10.3. The number of rotatable bonds is 1. The maximum Gasteiger partial charge on any atom is 0.264 e. The first-order valence-electron chi connectivity index (χ1n) is 5.18. The number of carbonyl (C=O) groups excluding carboxylic acids is 1. The molecule has 1 aliphatic heterocycles. The van der Waals surface area contributed by atoms with Gasteiger partial charge in [-0.15, -0.1) is 22.7 Å². The summed E-state index contributed by atoms with van der Waals surface area (Å²) in [6.07, 6.45) is 0. The van der Waals surface area contributed by atoms with E-state index in [1.54, 1.807) is 22.7 Å². The number of fused-ring (bicyclic) bond motifs is 1. The topological polar surface area (TPSA) is 29.5 Å². The van der Waals surface area contributed by atoms with Crippen molar-refractivity contribution in [3.05, 3.63) is 22.4 Å². The minimum Gasteiger partial charge on any atom is -0.378 e. The van der Waals surface area contributed by atoms with Gasteiger partial charge >= 0.3 is 0 Å². The van der Waals surface area contributed by atoms with Crippen molar-refractivity contribution in [3.8, 4) is 0 Å². The van der Waals surface area contributed by atoms with Gasteiger partial charge in [0.2, 0.25) is 0 Å². The molecule has 0 spiro atoms. The van der Waals surface area contributed by atoms with Crippen molar-refractivity contribution in [1.82, 2.24) is 4.90 Å². The fourth-order valence-corrected chi connectivity index (χ4v) is 3.87. The molecule has 0 aliphatic carbocycles. The normalized spacial score (nSPS) is 16.9. The van der Waals surface area contributed by atoms with E-state index in [1.807, 2.05) is 11.0 Å². The van der Waals surface area contributed by atoms with Crippen LogP contribution in [0.3, 0.4) is 0 Å². The van der Waals surface area contributed by atoms with Crippen molar-refractivity contribution in [2.75, 3.05) is 26.3 Å². The smallest absolute Gasteiger partial charge is 0.264 e. The second-order valence-corrected chi connectivity index (χ2v) is 5.70. The molecular weight excluding hydrogens is 242 g/mol. The number of morpholine rings is 1. The lowest BCUT2D eigenvalue weighted by Gasteiger charge is -2.26. The number of amides is 1. The summed E-state index contributed by atoms with van der Waals surface area (Å²) in [5, 5.41) is 2.06. The Morgan fingerprint density at radius 3 is 2.88 bits per heavy atom. The number of nitrogens with zero attached hydrogens (tertiary/aromatic N) is 1. The van der Waals surface area contributed by atoms with Crippen molar-refractivity contribution < 1.29 is 9.53 Å². The zero-order valence-corrected chi connectivity index (χ0v) is 10.3. The summed E-state index contributed by atoms with van der Waals surface area (Å²) < 4.78 is 7.66. The minimum atomic E-state index is 0.150. The van der Waals surface area contributed by atoms with Gasteiger partial charge in [-0.25, -0.2) is 0 Å². The van der Waals surface area contributed by atoms with Crippen molar-refractivity contribution in [3.63, 3.8) is 0 Å². The van der Waals surface area contributed by atoms with E-state index in [4.69, 9.17) is 4.74 Å². The summed E-state index contributed by atoms with van der Waals surface area (Å²) in [5.74, 6) is 0.150. The largest absolute Gasteiger partial charge is 0.378 e. The standard InChI is InChI=1S/C11H11NO2S2/c13-11(12-2-4-14-5-3-12)10-7-9-8(16-10)1-6-15-9/h1,6-7H,2-5H2. The Kier molecular flexibility index (Phi) is 2.67. The number of carbonyl (C=O) groups is 1. The molecule has 0 atom stereocenters. The monoisotopic (exact) mass is 253 g/mol. The second kappa shape index (κ2) is 4.16. The van der Waals surface area contributed by atoms with E-state index < -0.39 is 0 Å². The van der Waals surface area contributed by atoms with E-state index in [2.05, 4.69) is 11.4 Å². The summed E-state index contributed by atoms with van der Waals surface area (Å²) in [6.45, 7) is 2.74. The van der Waals surface area contributed by atoms with Crippen LogP contribution in [0.5, 0.6) is 0 Å². The van der Waals surface area contributed by atoms with Gasteiger partial charge in [0.05, 0.1) is 18.1 Å². The van der Waals surface area contributed by atoms with Crippen molar-refractivity contribution >= 4 is 38.0 Å². The van der Waals surface area contributed by atoms with Crippen LogP contribution in [0.15, 0.2) is 17.5 Å². The maximum absolute atomic E-state index is 12.2. The average Bonchev–Trinajstić information content (AvgIpc) is 2.89. The molecule has 2 aromatic heterocycles. The lowest BCUT2D eigenvalue weighted by atomic mass is 10.3. The molecule has 0 radical (unpaired) electrons. The SMILES string of the molecule is O=C(c1cc2sccc2s1)N1CCOCC1. The molecule has 3 heterocycles. The third-order valence-corrected chi connectivity index (χ3v) is 4.73. The Morgan fingerprint density at radius 1 is 1.31 bits per heavy atom. The Hall–Kier alpha value is -0.910. The summed E-state index contributed by atoms with van der Waals surface area (Å²) in [7, 11) is 0. The molecule has 5 heteroatoms. The number of ether oxygens (including phenoxy) is 1. The van der Waals surface area contributed by atoms with Gasteiger partial charge in [0.15, 0.2) is 0 Å². The van der Waals surface area contributed by atoms with Crippen LogP contribution < -0.4 is 0 Å². The van der Waals surface area contributed by atoms with Gasteiger partial charge in [0.1, 0.15) is 0 Å². The van der Waals surface area contributed by atoms with Gasteiger partial charge < -0.3 is 9.64 Å². The van der Waals surface area contributed by atoms with Crippen molar-refractivity contribution in [2.45, 2.75) is 0 Å². The summed E-state index contributed by atoms with van der Waals surface area (Å²) >= 11 is 3.27. The molecular formula is C11H11NO2S2. The van der Waals surface area contributed by atoms with Crippen LogP contribution in [0.2, 0.25) is 0 Å². The summed E-state index contributed by atoms with van der Waals surface area (Å²) in [5.41, 5.74) is 0. The zero-order chi connectivity index (χ0) is 11.0. The molecule has 0 bridgehead atoms. The molecule has 3 nitrogen and oxygen atoms in total. The molecule has 3 rings (SSSR count). The van der Waals surface area contributed by atoms with Gasteiger partial charge in [-0.1, -0.05) is 0 Å². The van der Waals surface area contributed by atoms with Gasteiger partial charge in [-0.05, 0) is 17.5 Å². The number of thiophene rings is 2. The van der Waals surface area contributed by atoms with Crippen LogP contribution in [0, 0.1) is 0 Å². The molecule has 1 aliphatic rings. The second-order valence-electron chi connectivity index (χ2n) is 3.66. The highest BCUT2D eigenvalue weighted by Crippen LogP contribution is 2.30. The third kappa shape index (κ3) is 1.75. The van der Waals surface area contributed by atoms with Crippen LogP contribution in [0.25, 0.3) is 9.40 Å². The van der Waals surface area contributed by atoms with Gasteiger partial charge in [0.25, 0.3) is 5.91 Å². The van der Waals surface area contributed by atoms with Crippen LogP contribution in [0.4, 0.5) is 0 Å². The summed E-state index contributed by atoms with van der Waals surface area (Å²) in [4.78, 5) is 14.9. The molecule has 1 amide bonds. The average molecular weight is 253 g/mol. The molecule has 1 saturated heterocycles. The van der Waals surface area contributed by atoms with Crippen LogP contribution in [0.1, 0.15) is 9.67 Å². The lowest BCUT2D eigenvalue weighted by molar-refractivity contribution is 0.0306. The fraction of sp³-hybridized carbons (Fsp3) is 0.364. The lowest BCUT2D eigenvalue weighted by Crippen LogP contribution is -2.40. The molecule has 1 fully saturated rings. The maximum atomic E-state index is 12.2. The van der Waals surface area contributed by atoms with Crippen LogP contribution in [-0.4, -0.2) is 37.1 Å².